The molecule has 0 aliphatic rings. The summed E-state index contributed by atoms with van der Waals surface area (Å²) in [6.07, 6.45) is 1.78. The van der Waals surface area contributed by atoms with E-state index in [9.17, 15) is 0 Å². The van der Waals surface area contributed by atoms with Crippen LogP contribution in [0.15, 0.2) is 18.3 Å². The fraction of sp³-hybridized carbons (Fsp3) is 0.273. The second-order valence-electron chi connectivity index (χ2n) is 3.32. The molecule has 0 aliphatic heterocycles. The van der Waals surface area contributed by atoms with Gasteiger partial charge in [0, 0.05) is 17.3 Å². The first-order chi connectivity index (χ1) is 6.20. The normalized spacial score (nSPS) is 10.7. The van der Waals surface area contributed by atoms with Gasteiger partial charge in [-0.25, -0.2) is 9.97 Å². The fourth-order valence-corrected chi connectivity index (χ4v) is 1.49. The van der Waals surface area contributed by atoms with Gasteiger partial charge in [0.1, 0.15) is 0 Å². The maximum absolute atomic E-state index is 4.42. The summed E-state index contributed by atoms with van der Waals surface area (Å²) < 4.78 is 0. The Morgan fingerprint density at radius 1 is 1.08 bits per heavy atom. The second-order valence-corrected chi connectivity index (χ2v) is 3.32. The first-order valence-electron chi connectivity index (χ1n) is 4.38. The van der Waals surface area contributed by atoms with Crippen LogP contribution in [-0.4, -0.2) is 9.97 Å². The summed E-state index contributed by atoms with van der Waals surface area (Å²) in [6.45, 7) is 6.24. The summed E-state index contributed by atoms with van der Waals surface area (Å²) in [6, 6.07) is 4.02. The minimum absolute atomic E-state index is 0.850. The summed E-state index contributed by atoms with van der Waals surface area (Å²) in [7, 11) is 0. The third-order valence-electron chi connectivity index (χ3n) is 2.57. The molecule has 0 radical (unpaired) electrons. The minimum Gasteiger partial charge on any atom is -0.237 e. The van der Waals surface area contributed by atoms with Crippen molar-refractivity contribution < 1.29 is 0 Å². The van der Waals surface area contributed by atoms with E-state index in [1.807, 2.05) is 13.0 Å². The summed E-state index contributed by atoms with van der Waals surface area (Å²) >= 11 is 0. The molecule has 2 heteroatoms. The summed E-state index contributed by atoms with van der Waals surface area (Å²) in [4.78, 5) is 8.66. The van der Waals surface area contributed by atoms with Crippen LogP contribution in [0.3, 0.4) is 0 Å². The van der Waals surface area contributed by atoms with Gasteiger partial charge in [0.15, 0.2) is 5.65 Å². The maximum atomic E-state index is 4.42. The Morgan fingerprint density at radius 2 is 1.85 bits per heavy atom. The monoisotopic (exact) mass is 172 g/mol. The molecule has 0 unspecified atom stereocenters. The standard InChI is InChI=1S/C11H12N2/c1-7-8(2)10-5-4-6-12-11(10)13-9(7)3/h4-6H,1-3H3. The molecule has 0 amide bonds. The molecule has 0 fully saturated rings. The van der Waals surface area contributed by atoms with Crippen molar-refractivity contribution >= 4 is 11.0 Å². The molecule has 2 aromatic rings. The van der Waals surface area contributed by atoms with Crippen LogP contribution in [0.25, 0.3) is 11.0 Å². The van der Waals surface area contributed by atoms with Crippen molar-refractivity contribution in [3.8, 4) is 0 Å². The molecule has 0 N–H and O–H groups in total. The Kier molecular flexibility index (Phi) is 1.76. The van der Waals surface area contributed by atoms with Crippen molar-refractivity contribution in [1.29, 1.82) is 0 Å². The maximum Gasteiger partial charge on any atom is 0.159 e. The number of rotatable bonds is 0. The molecule has 0 aliphatic carbocycles. The SMILES string of the molecule is Cc1nc2ncccc2c(C)c1C. The highest BCUT2D eigenvalue weighted by Crippen LogP contribution is 2.19. The van der Waals surface area contributed by atoms with E-state index in [1.54, 1.807) is 6.20 Å². The number of fused-ring (bicyclic) bond motifs is 1. The van der Waals surface area contributed by atoms with Gasteiger partial charge in [0.05, 0.1) is 0 Å². The molecule has 0 spiro atoms. The topological polar surface area (TPSA) is 25.8 Å². The molecule has 66 valence electrons. The minimum atomic E-state index is 0.850. The summed E-state index contributed by atoms with van der Waals surface area (Å²) in [5, 5.41) is 1.16. The van der Waals surface area contributed by atoms with E-state index in [4.69, 9.17) is 0 Å². The number of aryl methyl sites for hydroxylation is 2. The lowest BCUT2D eigenvalue weighted by molar-refractivity contribution is 1.14. The molecule has 0 saturated heterocycles. The van der Waals surface area contributed by atoms with Crippen LogP contribution in [0.2, 0.25) is 0 Å². The average molecular weight is 172 g/mol. The lowest BCUT2D eigenvalue weighted by atomic mass is 10.1. The van der Waals surface area contributed by atoms with Gasteiger partial charge in [0.25, 0.3) is 0 Å². The lowest BCUT2D eigenvalue weighted by Gasteiger charge is -2.06. The van der Waals surface area contributed by atoms with Crippen molar-refractivity contribution in [2.75, 3.05) is 0 Å². The summed E-state index contributed by atoms with van der Waals surface area (Å²) in [5.74, 6) is 0. The molecule has 0 atom stereocenters. The van der Waals surface area contributed by atoms with Gasteiger partial charge in [-0.05, 0) is 44.0 Å². The van der Waals surface area contributed by atoms with Gasteiger partial charge in [-0.3, -0.25) is 0 Å². The zero-order valence-electron chi connectivity index (χ0n) is 8.13. The van der Waals surface area contributed by atoms with Gasteiger partial charge >= 0.3 is 0 Å². The summed E-state index contributed by atoms with van der Waals surface area (Å²) in [5.41, 5.74) is 4.47. The van der Waals surface area contributed by atoms with E-state index in [2.05, 4.69) is 29.9 Å². The number of aromatic nitrogens is 2. The van der Waals surface area contributed by atoms with Gasteiger partial charge in [0.2, 0.25) is 0 Å². The Labute approximate surface area is 77.6 Å². The van der Waals surface area contributed by atoms with Crippen molar-refractivity contribution in [3.63, 3.8) is 0 Å². The quantitative estimate of drug-likeness (QED) is 0.610. The average Bonchev–Trinajstić information content (AvgIpc) is 2.15. The van der Waals surface area contributed by atoms with Crippen LogP contribution in [0, 0.1) is 20.8 Å². The van der Waals surface area contributed by atoms with Crippen molar-refractivity contribution in [3.05, 3.63) is 35.2 Å². The van der Waals surface area contributed by atoms with Crippen LogP contribution in [-0.2, 0) is 0 Å². The van der Waals surface area contributed by atoms with Gasteiger partial charge < -0.3 is 0 Å². The number of pyridine rings is 2. The highest BCUT2D eigenvalue weighted by molar-refractivity contribution is 5.79. The van der Waals surface area contributed by atoms with Crippen LogP contribution in [0.5, 0.6) is 0 Å². The molecule has 13 heavy (non-hydrogen) atoms. The van der Waals surface area contributed by atoms with Crippen molar-refractivity contribution in [2.24, 2.45) is 0 Å². The van der Waals surface area contributed by atoms with E-state index < -0.39 is 0 Å². The number of nitrogens with zero attached hydrogens (tertiary/aromatic N) is 2. The third-order valence-corrected chi connectivity index (χ3v) is 2.57. The fourth-order valence-electron chi connectivity index (χ4n) is 1.49. The molecule has 2 aromatic heterocycles. The predicted octanol–water partition coefficient (Wildman–Crippen LogP) is 2.56. The van der Waals surface area contributed by atoms with E-state index in [-0.39, 0.29) is 0 Å². The Hall–Kier alpha value is -1.44. The first-order valence-corrected chi connectivity index (χ1v) is 4.38. The van der Waals surface area contributed by atoms with E-state index in [0.29, 0.717) is 0 Å². The van der Waals surface area contributed by atoms with Gasteiger partial charge in [-0.2, -0.15) is 0 Å². The molecule has 0 aromatic carbocycles. The van der Waals surface area contributed by atoms with E-state index >= 15 is 0 Å². The third kappa shape index (κ3) is 1.18. The highest BCUT2D eigenvalue weighted by atomic mass is 14.8. The molecular weight excluding hydrogens is 160 g/mol. The largest absolute Gasteiger partial charge is 0.237 e. The van der Waals surface area contributed by atoms with Crippen molar-refractivity contribution in [2.45, 2.75) is 20.8 Å². The first kappa shape index (κ1) is 8.17. The number of hydrogen-bond acceptors (Lipinski definition) is 2. The van der Waals surface area contributed by atoms with Gasteiger partial charge in [-0.1, -0.05) is 0 Å². The van der Waals surface area contributed by atoms with Crippen molar-refractivity contribution in [1.82, 2.24) is 9.97 Å². The Morgan fingerprint density at radius 3 is 2.62 bits per heavy atom. The molecule has 0 bridgehead atoms. The van der Waals surface area contributed by atoms with Crippen LogP contribution < -0.4 is 0 Å². The second kappa shape index (κ2) is 2.80. The molecular formula is C11H12N2. The van der Waals surface area contributed by atoms with E-state index in [0.717, 1.165) is 16.7 Å². The Bertz CT molecular complexity index is 461. The van der Waals surface area contributed by atoms with Crippen LogP contribution in [0.1, 0.15) is 16.8 Å². The Balaban J connectivity index is 2.94. The molecule has 2 rings (SSSR count). The zero-order valence-corrected chi connectivity index (χ0v) is 8.13. The van der Waals surface area contributed by atoms with Crippen LogP contribution >= 0.6 is 0 Å². The smallest absolute Gasteiger partial charge is 0.159 e. The zero-order chi connectivity index (χ0) is 9.42. The predicted molar refractivity (Wildman–Crippen MR) is 53.7 cm³/mol. The highest BCUT2D eigenvalue weighted by Gasteiger charge is 2.04. The number of hydrogen-bond donors (Lipinski definition) is 0. The lowest BCUT2D eigenvalue weighted by Crippen LogP contribution is -1.94. The molecule has 2 heterocycles. The van der Waals surface area contributed by atoms with Gasteiger partial charge in [-0.15, -0.1) is 0 Å². The van der Waals surface area contributed by atoms with Crippen LogP contribution in [0.4, 0.5) is 0 Å². The molecule has 2 nitrogen and oxygen atoms in total. The molecule has 0 saturated carbocycles. The van der Waals surface area contributed by atoms with E-state index in [1.165, 1.54) is 11.1 Å².